The third-order valence-corrected chi connectivity index (χ3v) is 6.54. The quantitative estimate of drug-likeness (QED) is 0.296. The maximum Gasteiger partial charge on any atom is 0.182 e. The lowest BCUT2D eigenvalue weighted by Gasteiger charge is -2.11. The van der Waals surface area contributed by atoms with Crippen LogP contribution in [0.1, 0.15) is 23.6 Å². The van der Waals surface area contributed by atoms with Crippen molar-refractivity contribution in [2.75, 3.05) is 0 Å². The van der Waals surface area contributed by atoms with E-state index >= 15 is 4.39 Å². The molecule has 0 bridgehead atoms. The second-order valence-electron chi connectivity index (χ2n) is 8.99. The highest BCUT2D eigenvalue weighted by Crippen LogP contribution is 2.35. The first kappa shape index (κ1) is 22.1. The summed E-state index contributed by atoms with van der Waals surface area (Å²) in [7, 11) is 0. The number of aryl methyl sites for hydroxylation is 2. The fourth-order valence-corrected chi connectivity index (χ4v) is 4.68. The number of benzene rings is 3. The Balaban J connectivity index is 1.40. The van der Waals surface area contributed by atoms with E-state index in [9.17, 15) is 4.39 Å². The van der Waals surface area contributed by atoms with E-state index in [-0.39, 0.29) is 5.82 Å². The van der Waals surface area contributed by atoms with Gasteiger partial charge in [-0.1, -0.05) is 43.3 Å². The van der Waals surface area contributed by atoms with Crippen LogP contribution in [0.5, 0.6) is 0 Å². The third-order valence-electron chi connectivity index (χ3n) is 6.54. The fourth-order valence-electron chi connectivity index (χ4n) is 4.68. The first-order valence-electron chi connectivity index (χ1n) is 11.8. The average molecular weight is 480 g/mol. The molecule has 36 heavy (non-hydrogen) atoms. The van der Waals surface area contributed by atoms with Crippen molar-refractivity contribution in [3.05, 3.63) is 101 Å². The van der Waals surface area contributed by atoms with Crippen LogP contribution in [0.25, 0.3) is 44.9 Å². The summed E-state index contributed by atoms with van der Waals surface area (Å²) >= 11 is 0. The number of hydrogen-bond acceptors (Lipinski definition) is 3. The largest absolute Gasteiger partial charge is 0.348 e. The number of nitrogens with zero attached hydrogens (tertiary/aromatic N) is 4. The van der Waals surface area contributed by atoms with E-state index in [1.807, 2.05) is 54.2 Å². The first-order valence-corrected chi connectivity index (χ1v) is 11.8. The zero-order valence-electron chi connectivity index (χ0n) is 19.9. The number of pyridine rings is 1. The predicted octanol–water partition coefficient (Wildman–Crippen LogP) is 6.79. The van der Waals surface area contributed by atoms with Crippen LogP contribution in [-0.2, 0) is 13.0 Å². The molecule has 0 saturated carbocycles. The number of imidazole rings is 1. The van der Waals surface area contributed by atoms with E-state index in [4.69, 9.17) is 0 Å². The number of halogens is 2. The molecule has 0 radical (unpaired) electrons. The zero-order valence-corrected chi connectivity index (χ0v) is 19.9. The summed E-state index contributed by atoms with van der Waals surface area (Å²) < 4.78 is 31.9. The van der Waals surface area contributed by atoms with Gasteiger partial charge in [0.25, 0.3) is 0 Å². The van der Waals surface area contributed by atoms with E-state index in [1.54, 1.807) is 13.0 Å². The molecule has 7 heteroatoms. The van der Waals surface area contributed by atoms with Crippen LogP contribution in [-0.4, -0.2) is 24.7 Å². The van der Waals surface area contributed by atoms with Crippen molar-refractivity contribution in [1.29, 1.82) is 0 Å². The number of rotatable bonds is 5. The molecule has 0 atom stereocenters. The second kappa shape index (κ2) is 8.68. The number of nitrogens with one attached hydrogen (secondary N) is 1. The van der Waals surface area contributed by atoms with Gasteiger partial charge >= 0.3 is 0 Å². The Morgan fingerprint density at radius 3 is 2.53 bits per heavy atom. The summed E-state index contributed by atoms with van der Waals surface area (Å²) in [5.74, 6) is -0.410. The molecule has 4 aromatic rings. The maximum absolute atomic E-state index is 15.5. The van der Waals surface area contributed by atoms with Crippen LogP contribution in [0.4, 0.5) is 8.78 Å². The maximum atomic E-state index is 15.5. The second-order valence-corrected chi connectivity index (χ2v) is 8.99. The molecule has 2 aliphatic heterocycles. The number of H-pyrrole nitrogens is 1. The molecule has 178 valence electrons. The zero-order chi connectivity index (χ0) is 24.8. The number of fused-ring (bicyclic) bond motifs is 2. The summed E-state index contributed by atoms with van der Waals surface area (Å²) in [5.41, 5.74) is 6.27. The molecule has 0 saturated heterocycles. The van der Waals surface area contributed by atoms with Crippen LogP contribution < -0.4 is 0 Å². The highest BCUT2D eigenvalue weighted by atomic mass is 19.1. The van der Waals surface area contributed by atoms with Gasteiger partial charge < -0.3 is 4.57 Å². The Labute approximate surface area is 206 Å². The SMILES string of the molecule is CCc1cc(C)c(F)cc1-c1cc(F)c2c(-c3nc4ccn(Cc5ccccc5)cc-4n3)n[nH]c2c1. The summed E-state index contributed by atoms with van der Waals surface area (Å²) in [5, 5.41) is 7.59. The predicted molar refractivity (Wildman–Crippen MR) is 137 cm³/mol. The van der Waals surface area contributed by atoms with Crippen LogP contribution in [0.3, 0.4) is 0 Å². The fraction of sp³-hybridized carbons (Fsp3) is 0.138. The van der Waals surface area contributed by atoms with Crippen molar-refractivity contribution in [2.45, 2.75) is 26.8 Å². The Morgan fingerprint density at radius 2 is 1.72 bits per heavy atom. The van der Waals surface area contributed by atoms with Crippen molar-refractivity contribution in [2.24, 2.45) is 0 Å². The molecule has 5 nitrogen and oxygen atoms in total. The first-order chi connectivity index (χ1) is 17.5. The van der Waals surface area contributed by atoms with Gasteiger partial charge in [-0.05, 0) is 65.4 Å². The number of aromatic amines is 1. The molecular formula is C29H23F2N5. The summed E-state index contributed by atoms with van der Waals surface area (Å²) in [6.45, 7) is 4.44. The van der Waals surface area contributed by atoms with E-state index in [0.29, 0.717) is 63.5 Å². The lowest BCUT2D eigenvalue weighted by Crippen LogP contribution is -2.00. The summed E-state index contributed by atoms with van der Waals surface area (Å²) in [4.78, 5) is 9.25. The van der Waals surface area contributed by atoms with Crippen molar-refractivity contribution in [1.82, 2.24) is 24.7 Å². The van der Waals surface area contributed by atoms with Gasteiger partial charge in [0.05, 0.1) is 16.6 Å². The molecule has 6 rings (SSSR count). The normalized spacial score (nSPS) is 11.6. The van der Waals surface area contributed by atoms with Gasteiger partial charge in [0.1, 0.15) is 23.0 Å². The van der Waals surface area contributed by atoms with Gasteiger partial charge in [0.2, 0.25) is 0 Å². The highest BCUT2D eigenvalue weighted by molar-refractivity contribution is 5.95. The van der Waals surface area contributed by atoms with E-state index in [1.165, 1.54) is 17.7 Å². The molecule has 1 N–H and O–H groups in total. The Morgan fingerprint density at radius 1 is 0.917 bits per heavy atom. The van der Waals surface area contributed by atoms with Crippen LogP contribution in [0.2, 0.25) is 0 Å². The summed E-state index contributed by atoms with van der Waals surface area (Å²) in [6, 6.07) is 18.6. The van der Waals surface area contributed by atoms with Crippen molar-refractivity contribution >= 4 is 10.9 Å². The van der Waals surface area contributed by atoms with Gasteiger partial charge in [-0.25, -0.2) is 18.7 Å². The molecule has 0 fully saturated rings. The topological polar surface area (TPSA) is 59.4 Å². The van der Waals surface area contributed by atoms with Gasteiger partial charge in [-0.15, -0.1) is 0 Å². The molecule has 0 aliphatic carbocycles. The minimum Gasteiger partial charge on any atom is -0.348 e. The third kappa shape index (κ3) is 3.82. The molecule has 2 aliphatic rings. The summed E-state index contributed by atoms with van der Waals surface area (Å²) in [6.07, 6.45) is 4.60. The standard InChI is InChI=1S/C29H23F2N5/c1-3-19-11-17(2)22(30)14-21(19)20-12-23(31)27-25(13-20)34-35-28(27)29-32-24-9-10-36(16-26(24)33-29)15-18-7-5-4-6-8-18/h4-14,16H,3,15H2,1-2H3,(H,34,35). The average Bonchev–Trinajstić information content (AvgIpc) is 3.50. The van der Waals surface area contributed by atoms with E-state index in [0.717, 1.165) is 5.56 Å². The monoisotopic (exact) mass is 479 g/mol. The van der Waals surface area contributed by atoms with Crippen LogP contribution in [0, 0.1) is 18.6 Å². The molecule has 0 spiro atoms. The number of hydrogen-bond donors (Lipinski definition) is 1. The molecule has 0 amide bonds. The van der Waals surface area contributed by atoms with Crippen molar-refractivity contribution in [3.63, 3.8) is 0 Å². The minimum atomic E-state index is -0.456. The van der Waals surface area contributed by atoms with Crippen molar-refractivity contribution < 1.29 is 8.78 Å². The van der Waals surface area contributed by atoms with Gasteiger partial charge in [0.15, 0.2) is 5.82 Å². The molecule has 0 unspecified atom stereocenters. The van der Waals surface area contributed by atoms with Gasteiger partial charge in [-0.2, -0.15) is 5.10 Å². The Kier molecular flexibility index (Phi) is 5.33. The van der Waals surface area contributed by atoms with E-state index < -0.39 is 5.82 Å². The highest BCUT2D eigenvalue weighted by Gasteiger charge is 2.21. The van der Waals surface area contributed by atoms with Crippen molar-refractivity contribution in [3.8, 4) is 34.0 Å². The van der Waals surface area contributed by atoms with Crippen LogP contribution in [0.15, 0.2) is 73.1 Å². The van der Waals surface area contributed by atoms with Crippen LogP contribution >= 0.6 is 0 Å². The lowest BCUT2D eigenvalue weighted by molar-refractivity contribution is 0.618. The Bertz CT molecular complexity index is 1680. The number of aromatic nitrogens is 5. The Hall–Kier alpha value is -4.39. The molecular weight excluding hydrogens is 456 g/mol. The van der Waals surface area contributed by atoms with Gasteiger partial charge in [-0.3, -0.25) is 5.10 Å². The molecule has 3 heterocycles. The van der Waals surface area contributed by atoms with E-state index in [2.05, 4.69) is 32.3 Å². The molecule has 1 aromatic heterocycles. The minimum absolute atomic E-state index is 0.311. The lowest BCUT2D eigenvalue weighted by atomic mass is 9.95. The smallest absolute Gasteiger partial charge is 0.182 e. The molecule has 3 aromatic carbocycles. The van der Waals surface area contributed by atoms with Gasteiger partial charge in [0, 0.05) is 18.9 Å².